The van der Waals surface area contributed by atoms with Crippen LogP contribution < -0.4 is 25.4 Å². The minimum atomic E-state index is -0.859. The Balaban J connectivity index is 1.32. The van der Waals surface area contributed by atoms with Gasteiger partial charge in [-0.15, -0.1) is 0 Å². The van der Waals surface area contributed by atoms with Crippen LogP contribution in [0.3, 0.4) is 0 Å². The first-order valence-electron chi connectivity index (χ1n) is 25.2. The van der Waals surface area contributed by atoms with Crippen LogP contribution in [0.1, 0.15) is 114 Å². The van der Waals surface area contributed by atoms with E-state index in [0.717, 1.165) is 88.2 Å². The Morgan fingerprint density at radius 2 is 1.87 bits per heavy atom. The molecule has 0 amide bonds. The molecule has 5 aliphatic carbocycles. The molecule has 4 saturated carbocycles. The van der Waals surface area contributed by atoms with Crippen molar-refractivity contribution in [1.82, 2.24) is 10.6 Å². The fourth-order valence-electron chi connectivity index (χ4n) is 14.3. The average molecular weight is 921 g/mol. The molecule has 0 saturated heterocycles. The standard InChI is InChI=1S/C55H76N4O8/c1-6-35-15-17-40-41(13-10-26-60)43-14-8-23-55(43)39-30-45(51(64)48(31-39)67-53(34-56-2)24-21-37(32-53)29-50(63)66-5)59-52(57-3)58-25-9-12-38-11-7-22-54(38,49(62)20-18-44(55)42(40)27-35)33-36-16-19-46(61)47(28-36)65-4/h15-20,28,30-31,35,37-38,40-44,50,56,60-61,63-64H,6-8,10-14,21-24,26-27,29,32-34H2,1-5H3,(H2,57,58,59)/b20-18+/t35-,37-,38+,40-,41+,42-,43-,44-,50-,53+,54+,55+/m1/s1. The lowest BCUT2D eigenvalue weighted by Crippen LogP contribution is -2.54. The predicted molar refractivity (Wildman–Crippen MR) is 262 cm³/mol. The first-order valence-corrected chi connectivity index (χ1v) is 25.2. The Bertz CT molecular complexity index is 2230. The highest BCUT2D eigenvalue weighted by Crippen LogP contribution is 2.66. The van der Waals surface area contributed by atoms with Crippen LogP contribution in [0, 0.1) is 64.7 Å². The van der Waals surface area contributed by atoms with E-state index in [1.165, 1.54) is 7.11 Å². The van der Waals surface area contributed by atoms with Crippen LogP contribution in [0.4, 0.5) is 5.69 Å². The molecular formula is C55H76N4O8. The van der Waals surface area contributed by atoms with Crippen LogP contribution in [0.5, 0.6) is 23.0 Å². The summed E-state index contributed by atoms with van der Waals surface area (Å²) in [6.45, 7) is 2.96. The van der Waals surface area contributed by atoms with Gasteiger partial charge >= 0.3 is 0 Å². The van der Waals surface area contributed by atoms with Gasteiger partial charge in [0.25, 0.3) is 0 Å². The minimum absolute atomic E-state index is 0.00627. The van der Waals surface area contributed by atoms with Crippen molar-refractivity contribution in [2.24, 2.45) is 57.8 Å². The second kappa shape index (κ2) is 21.0. The highest BCUT2D eigenvalue weighted by molar-refractivity contribution is 5.97. The average Bonchev–Trinajstić information content (AvgIpc) is 4.07. The number of aliphatic hydroxyl groups is 2. The van der Waals surface area contributed by atoms with Crippen molar-refractivity contribution in [1.29, 1.82) is 0 Å². The van der Waals surface area contributed by atoms with Crippen LogP contribution >= 0.6 is 0 Å². The van der Waals surface area contributed by atoms with Crippen LogP contribution in [0.15, 0.2) is 59.6 Å². The van der Waals surface area contributed by atoms with Gasteiger partial charge in [0.05, 0.1) is 12.8 Å². The van der Waals surface area contributed by atoms with Gasteiger partial charge in [-0.05, 0) is 173 Å². The first kappa shape index (κ1) is 48.9. The van der Waals surface area contributed by atoms with Crippen molar-refractivity contribution in [3.63, 3.8) is 0 Å². The van der Waals surface area contributed by atoms with E-state index >= 15 is 4.79 Å². The van der Waals surface area contributed by atoms with Gasteiger partial charge in [-0.3, -0.25) is 15.1 Å². The Hall–Kier alpha value is -4.54. The number of carbonyl (C=O) groups excluding carboxylic acids is 1. The van der Waals surface area contributed by atoms with Crippen molar-refractivity contribution < 1.29 is 39.4 Å². The number of nitrogens with one attached hydrogen (secondary N) is 3. The van der Waals surface area contributed by atoms with Crippen LogP contribution in [0.25, 0.3) is 0 Å². The van der Waals surface area contributed by atoms with Gasteiger partial charge in [-0.2, -0.15) is 0 Å². The molecule has 1 spiro atoms. The number of carbonyl (C=O) groups is 1. The molecule has 12 nitrogen and oxygen atoms in total. The minimum Gasteiger partial charge on any atom is -0.504 e. The Kier molecular flexibility index (Phi) is 15.3. The Labute approximate surface area is 398 Å². The van der Waals surface area contributed by atoms with Gasteiger partial charge in [-0.25, -0.2) is 0 Å². The van der Waals surface area contributed by atoms with Crippen LogP contribution in [-0.2, 0) is 21.4 Å². The Morgan fingerprint density at radius 1 is 1.03 bits per heavy atom. The maximum absolute atomic E-state index is 15.6. The molecule has 0 radical (unpaired) electrons. The van der Waals surface area contributed by atoms with E-state index in [-0.39, 0.29) is 53.5 Å². The molecule has 2 aromatic carbocycles. The van der Waals surface area contributed by atoms with E-state index in [9.17, 15) is 20.4 Å². The number of rotatable bonds is 14. The molecule has 2 bridgehead atoms. The fourth-order valence-corrected chi connectivity index (χ4v) is 14.3. The quantitative estimate of drug-likeness (QED) is 0.0420. The molecule has 12 heteroatoms. The zero-order chi connectivity index (χ0) is 47.3. The molecule has 4 fully saturated rings. The highest BCUT2D eigenvalue weighted by Gasteiger charge is 2.61. The molecule has 1 aliphatic heterocycles. The molecule has 2 aromatic rings. The number of benzene rings is 2. The number of aromatic hydroxyl groups is 2. The third-order valence-electron chi connectivity index (χ3n) is 17.4. The van der Waals surface area contributed by atoms with E-state index in [2.05, 4.69) is 70.2 Å². The van der Waals surface area contributed by atoms with Crippen molar-refractivity contribution in [3.8, 4) is 35.0 Å². The summed E-state index contributed by atoms with van der Waals surface area (Å²) < 4.78 is 18.0. The molecule has 12 atom stereocenters. The number of hydrogen-bond acceptors (Lipinski definition) is 10. The van der Waals surface area contributed by atoms with Crippen molar-refractivity contribution in [2.45, 2.75) is 127 Å². The Morgan fingerprint density at radius 3 is 2.63 bits per heavy atom. The summed E-state index contributed by atoms with van der Waals surface area (Å²) in [7, 11) is 6.69. The number of aliphatic hydroxyl groups excluding tert-OH is 2. The van der Waals surface area contributed by atoms with Gasteiger partial charge in [0.15, 0.2) is 35.1 Å². The number of nitrogens with zero attached hydrogens (tertiary/aromatic N) is 1. The third kappa shape index (κ3) is 9.60. The number of fused-ring (bicyclic) bond motifs is 5. The van der Waals surface area contributed by atoms with Crippen LogP contribution in [-0.4, -0.2) is 85.5 Å². The topological polar surface area (TPSA) is 174 Å². The van der Waals surface area contributed by atoms with Gasteiger partial charge in [0.1, 0.15) is 5.60 Å². The van der Waals surface area contributed by atoms with E-state index in [1.807, 2.05) is 25.3 Å². The van der Waals surface area contributed by atoms with Crippen molar-refractivity contribution in [2.75, 3.05) is 46.8 Å². The molecule has 0 aromatic heterocycles. The summed E-state index contributed by atoms with van der Waals surface area (Å²) in [6.07, 6.45) is 21.3. The molecule has 7 N–H and O–H groups in total. The lowest BCUT2D eigenvalue weighted by Gasteiger charge is -2.58. The fraction of sp³-hybridized carbons (Fsp3) is 0.636. The van der Waals surface area contributed by atoms with Crippen molar-refractivity contribution in [3.05, 3.63) is 65.8 Å². The largest absolute Gasteiger partial charge is 0.504 e. The highest BCUT2D eigenvalue weighted by atomic mass is 16.6. The first-order chi connectivity index (χ1) is 32.5. The summed E-state index contributed by atoms with van der Waals surface area (Å²) in [5, 5.41) is 53.8. The van der Waals surface area contributed by atoms with Crippen molar-refractivity contribution >= 4 is 17.4 Å². The number of ether oxygens (including phenoxy) is 3. The molecule has 8 rings (SSSR count). The van der Waals surface area contributed by atoms with Gasteiger partial charge < -0.3 is 45.3 Å². The van der Waals surface area contributed by atoms with Gasteiger partial charge in [0.2, 0.25) is 5.96 Å². The summed E-state index contributed by atoms with van der Waals surface area (Å²) >= 11 is 0. The number of allylic oxidation sites excluding steroid dienone is 4. The molecule has 364 valence electrons. The lowest BCUT2D eigenvalue weighted by atomic mass is 9.46. The monoisotopic (exact) mass is 921 g/mol. The summed E-state index contributed by atoms with van der Waals surface area (Å²) in [6, 6.07) is 12.8. The van der Waals surface area contributed by atoms with Gasteiger partial charge in [0, 0.05) is 57.0 Å². The smallest absolute Gasteiger partial charge is 0.207 e. The lowest BCUT2D eigenvalue weighted by molar-refractivity contribution is -0.125. The van der Waals surface area contributed by atoms with Crippen LogP contribution in [0.2, 0.25) is 0 Å². The summed E-state index contributed by atoms with van der Waals surface area (Å²) in [5.74, 6) is 6.34. The maximum Gasteiger partial charge on any atom is 0.207 e. The molecule has 67 heavy (non-hydrogen) atoms. The molecular weight excluding hydrogens is 845 g/mol. The van der Waals surface area contributed by atoms with E-state index in [0.29, 0.717) is 73.1 Å². The molecule has 1 heterocycles. The maximum atomic E-state index is 15.6. The third-order valence-corrected chi connectivity index (χ3v) is 17.4. The number of methoxy groups -OCH3 is 2. The number of ketones is 1. The normalized spacial score (nSPS) is 35.0. The summed E-state index contributed by atoms with van der Waals surface area (Å²) in [4.78, 5) is 20.1. The molecule has 6 aliphatic rings. The van der Waals surface area contributed by atoms with Gasteiger partial charge in [-0.1, -0.05) is 50.0 Å². The SMILES string of the molecule is CC[C@@H]1C=C[C@H]2[C@@H](C1)[C@H]1/C=C/C(=O)[C@]3(Cc4ccc(O)c(OC)c4)CCC[C@H]3CC#CNC(=NC)Nc3cc(cc(O[C@@]4(CNC)CC[C@H](C[C@H](O)OC)C4)c3O)[C@]13CCC[C@@H]3[C@H]2CCCO. The number of hydrogen-bond donors (Lipinski definition) is 7. The number of phenolic OH excluding ortho intramolecular Hbond substituents is 2. The zero-order valence-electron chi connectivity index (χ0n) is 40.5. The number of likely N-dealkylation sites (N-methyl/N-ethyl adjacent to an activating group) is 1. The van der Waals surface area contributed by atoms with E-state index < -0.39 is 22.7 Å². The van der Waals surface area contributed by atoms with E-state index in [1.54, 1.807) is 20.2 Å². The second-order valence-corrected chi connectivity index (χ2v) is 20.8. The number of phenols is 2. The zero-order valence-corrected chi connectivity index (χ0v) is 40.5. The second-order valence-electron chi connectivity index (χ2n) is 20.8. The summed E-state index contributed by atoms with van der Waals surface area (Å²) in [5.41, 5.74) is 0.692. The predicted octanol–water partition coefficient (Wildman–Crippen LogP) is 8.38. The van der Waals surface area contributed by atoms with E-state index in [4.69, 9.17) is 14.2 Å². The molecule has 0 unspecified atom stereocenters. The number of aliphatic imine (C=N–C) groups is 1. The number of anilines is 1. The number of guanidine groups is 1.